The molecule has 0 heterocycles. The summed E-state index contributed by atoms with van der Waals surface area (Å²) < 4.78 is 0. The average Bonchev–Trinajstić information content (AvgIpc) is 2.55. The van der Waals surface area contributed by atoms with E-state index in [9.17, 15) is 14.4 Å². The molecule has 7 nitrogen and oxygen atoms in total. The van der Waals surface area contributed by atoms with Crippen molar-refractivity contribution in [1.29, 1.82) is 0 Å². The molecule has 1 aromatic rings. The van der Waals surface area contributed by atoms with Gasteiger partial charge in [0.2, 0.25) is 11.8 Å². The highest BCUT2D eigenvalue weighted by atomic mass is 32.2. The molecule has 4 N–H and O–H groups in total. The van der Waals surface area contributed by atoms with E-state index in [1.54, 1.807) is 11.8 Å². The highest BCUT2D eigenvalue weighted by Gasteiger charge is 2.06. The van der Waals surface area contributed by atoms with Crippen LogP contribution in [0.25, 0.3) is 0 Å². The maximum Gasteiger partial charge on any atom is 0.322 e. The number of carbonyl (C=O) groups excluding carboxylic acids is 2. The Balaban J connectivity index is 1.97. The van der Waals surface area contributed by atoms with Crippen LogP contribution in [0, 0.1) is 0 Å². The smallest absolute Gasteiger partial charge is 0.322 e. The van der Waals surface area contributed by atoms with Crippen molar-refractivity contribution < 1.29 is 19.5 Å². The van der Waals surface area contributed by atoms with E-state index in [4.69, 9.17) is 5.11 Å². The van der Waals surface area contributed by atoms with Gasteiger partial charge in [0.25, 0.3) is 0 Å². The van der Waals surface area contributed by atoms with Gasteiger partial charge in [-0.1, -0.05) is 30.3 Å². The number of thioether (sulfide) groups is 1. The van der Waals surface area contributed by atoms with Crippen molar-refractivity contribution >= 4 is 29.5 Å². The maximum atomic E-state index is 11.5. The Kier molecular flexibility index (Phi) is 9.49. The van der Waals surface area contributed by atoms with Gasteiger partial charge in [-0.25, -0.2) is 0 Å². The lowest BCUT2D eigenvalue weighted by Gasteiger charge is -2.07. The topological polar surface area (TPSA) is 108 Å². The number of aliphatic carboxylic acids is 1. The lowest BCUT2D eigenvalue weighted by molar-refractivity contribution is -0.137. The minimum absolute atomic E-state index is 0.123. The van der Waals surface area contributed by atoms with Crippen LogP contribution in [0.2, 0.25) is 0 Å². The molecule has 0 atom stereocenters. The summed E-state index contributed by atoms with van der Waals surface area (Å²) in [5.41, 5.74) is 1.27. The molecule has 126 valence electrons. The number of hydrogen-bond donors (Lipinski definition) is 4. The van der Waals surface area contributed by atoms with Gasteiger partial charge >= 0.3 is 5.97 Å². The van der Waals surface area contributed by atoms with Crippen molar-refractivity contribution in [2.45, 2.75) is 5.75 Å². The number of carboxylic acids is 1. The van der Waals surface area contributed by atoms with Gasteiger partial charge in [0.1, 0.15) is 6.54 Å². The fourth-order valence-corrected chi connectivity index (χ4v) is 2.45. The Hall–Kier alpha value is -2.06. The van der Waals surface area contributed by atoms with E-state index in [-0.39, 0.29) is 19.0 Å². The van der Waals surface area contributed by atoms with E-state index >= 15 is 0 Å². The van der Waals surface area contributed by atoms with E-state index in [2.05, 4.69) is 28.1 Å². The van der Waals surface area contributed by atoms with Crippen LogP contribution in [0.15, 0.2) is 30.3 Å². The first-order valence-electron chi connectivity index (χ1n) is 7.15. The molecule has 2 amide bonds. The largest absolute Gasteiger partial charge is 0.480 e. The minimum atomic E-state index is -1.13. The second kappa shape index (κ2) is 11.5. The zero-order chi connectivity index (χ0) is 16.9. The SMILES string of the molecule is O=C(O)CNC(=O)CNC(=O)CNCCSCc1ccccc1. The second-order valence-electron chi connectivity index (χ2n) is 4.66. The maximum absolute atomic E-state index is 11.5. The summed E-state index contributed by atoms with van der Waals surface area (Å²) in [6, 6.07) is 10.1. The van der Waals surface area contributed by atoms with E-state index in [1.807, 2.05) is 18.2 Å². The van der Waals surface area contributed by atoms with E-state index in [1.165, 1.54) is 5.56 Å². The number of benzene rings is 1. The van der Waals surface area contributed by atoms with Crippen molar-refractivity contribution in [1.82, 2.24) is 16.0 Å². The summed E-state index contributed by atoms with van der Waals surface area (Å²) in [5.74, 6) is -0.151. The molecular formula is C15H21N3O4S. The molecule has 0 aliphatic carbocycles. The van der Waals surface area contributed by atoms with Gasteiger partial charge in [0.05, 0.1) is 13.1 Å². The molecule has 0 saturated carbocycles. The van der Waals surface area contributed by atoms with Crippen molar-refractivity contribution in [3.05, 3.63) is 35.9 Å². The molecule has 0 saturated heterocycles. The first-order chi connectivity index (χ1) is 11.1. The van der Waals surface area contributed by atoms with Crippen molar-refractivity contribution in [3.8, 4) is 0 Å². The Labute approximate surface area is 139 Å². The Morgan fingerprint density at radius 3 is 2.30 bits per heavy atom. The van der Waals surface area contributed by atoms with Crippen LogP contribution in [0.4, 0.5) is 0 Å². The predicted octanol–water partition coefficient (Wildman–Crippen LogP) is -0.174. The highest BCUT2D eigenvalue weighted by Crippen LogP contribution is 2.10. The summed E-state index contributed by atoms with van der Waals surface area (Å²) >= 11 is 1.77. The van der Waals surface area contributed by atoms with Crippen molar-refractivity contribution in [2.75, 3.05) is 31.9 Å². The average molecular weight is 339 g/mol. The molecular weight excluding hydrogens is 318 g/mol. The molecule has 0 aliphatic heterocycles. The van der Waals surface area contributed by atoms with E-state index in [0.29, 0.717) is 6.54 Å². The van der Waals surface area contributed by atoms with Crippen molar-refractivity contribution in [2.24, 2.45) is 0 Å². The van der Waals surface area contributed by atoms with Crippen LogP contribution >= 0.6 is 11.8 Å². The molecule has 0 bridgehead atoms. The number of carbonyl (C=O) groups is 3. The Morgan fingerprint density at radius 2 is 1.61 bits per heavy atom. The van der Waals surface area contributed by atoms with E-state index < -0.39 is 18.4 Å². The van der Waals surface area contributed by atoms with Crippen molar-refractivity contribution in [3.63, 3.8) is 0 Å². The van der Waals surface area contributed by atoms with Crippen LogP contribution in [0.1, 0.15) is 5.56 Å². The fraction of sp³-hybridized carbons (Fsp3) is 0.400. The quantitative estimate of drug-likeness (QED) is 0.417. The summed E-state index contributed by atoms with van der Waals surface area (Å²) in [7, 11) is 0. The molecule has 1 rings (SSSR count). The number of rotatable bonds is 11. The van der Waals surface area contributed by atoms with E-state index in [0.717, 1.165) is 11.5 Å². The van der Waals surface area contributed by atoms with Gasteiger partial charge in [0, 0.05) is 18.1 Å². The van der Waals surface area contributed by atoms with Gasteiger partial charge in [-0.15, -0.1) is 0 Å². The summed E-state index contributed by atoms with van der Waals surface area (Å²) in [4.78, 5) is 32.9. The van der Waals surface area contributed by atoms with Gasteiger partial charge in [-0.05, 0) is 5.56 Å². The second-order valence-corrected chi connectivity index (χ2v) is 5.77. The minimum Gasteiger partial charge on any atom is -0.480 e. The van der Waals surface area contributed by atoms with Crippen LogP contribution in [-0.4, -0.2) is 54.8 Å². The number of carboxylic acid groups (broad SMARTS) is 1. The standard InChI is InChI=1S/C15H21N3O4S/c19-13(17-9-14(20)18-10-15(21)22)8-16-6-7-23-11-12-4-2-1-3-5-12/h1-5,16H,6-11H2,(H,17,19)(H,18,20)(H,21,22). The molecule has 0 aromatic heterocycles. The normalized spacial score (nSPS) is 10.1. The third-order valence-corrected chi connectivity index (χ3v) is 3.73. The lowest BCUT2D eigenvalue weighted by atomic mass is 10.2. The first kappa shape index (κ1) is 19.0. The van der Waals surface area contributed by atoms with Gasteiger partial charge in [-0.3, -0.25) is 14.4 Å². The summed E-state index contributed by atoms with van der Waals surface area (Å²) in [6.45, 7) is 0.135. The zero-order valence-corrected chi connectivity index (χ0v) is 13.5. The number of nitrogens with one attached hydrogen (secondary N) is 3. The molecule has 1 aromatic carbocycles. The Bertz CT molecular complexity index is 511. The van der Waals surface area contributed by atoms with Crippen LogP contribution in [0.5, 0.6) is 0 Å². The molecule has 0 radical (unpaired) electrons. The number of hydrogen-bond acceptors (Lipinski definition) is 5. The monoisotopic (exact) mass is 339 g/mol. The highest BCUT2D eigenvalue weighted by molar-refractivity contribution is 7.98. The third kappa shape index (κ3) is 10.3. The van der Waals surface area contributed by atoms with Crippen LogP contribution < -0.4 is 16.0 Å². The lowest BCUT2D eigenvalue weighted by Crippen LogP contribution is -2.42. The third-order valence-electron chi connectivity index (χ3n) is 2.70. The van der Waals surface area contributed by atoms with Gasteiger partial charge in [0.15, 0.2) is 0 Å². The van der Waals surface area contributed by atoms with Crippen LogP contribution in [0.3, 0.4) is 0 Å². The molecule has 0 aliphatic rings. The number of amides is 2. The van der Waals surface area contributed by atoms with Crippen LogP contribution in [-0.2, 0) is 20.1 Å². The molecule has 8 heteroatoms. The first-order valence-corrected chi connectivity index (χ1v) is 8.31. The van der Waals surface area contributed by atoms with Gasteiger partial charge < -0.3 is 21.1 Å². The Morgan fingerprint density at radius 1 is 0.957 bits per heavy atom. The fourth-order valence-electron chi connectivity index (χ4n) is 1.59. The molecule has 0 unspecified atom stereocenters. The van der Waals surface area contributed by atoms with Gasteiger partial charge in [-0.2, -0.15) is 11.8 Å². The molecule has 23 heavy (non-hydrogen) atoms. The molecule has 0 spiro atoms. The summed E-state index contributed by atoms with van der Waals surface area (Å²) in [6.07, 6.45) is 0. The summed E-state index contributed by atoms with van der Waals surface area (Å²) in [5, 5.41) is 15.9. The predicted molar refractivity (Wildman–Crippen MR) is 89.1 cm³/mol. The zero-order valence-electron chi connectivity index (χ0n) is 12.7. The molecule has 0 fully saturated rings.